The highest BCUT2D eigenvalue weighted by Crippen LogP contribution is 2.42. The number of benzene rings is 9. The highest BCUT2D eigenvalue weighted by molar-refractivity contribution is 6.12. The molecule has 9 aromatic carbocycles. The Hall–Kier alpha value is -7.22. The highest BCUT2D eigenvalue weighted by Gasteiger charge is 2.18. The van der Waals surface area contributed by atoms with Gasteiger partial charge in [0.2, 0.25) is 0 Å². The zero-order valence-electron chi connectivity index (χ0n) is 30.3. The van der Waals surface area contributed by atoms with Crippen LogP contribution >= 0.6 is 0 Å². The predicted molar refractivity (Wildman–Crippen MR) is 233 cm³/mol. The molecular formula is C54H37N. The lowest BCUT2D eigenvalue weighted by molar-refractivity contribution is 1.18. The van der Waals surface area contributed by atoms with E-state index in [-0.39, 0.29) is 0 Å². The summed E-state index contributed by atoms with van der Waals surface area (Å²) >= 11 is 0. The average Bonchev–Trinajstić information content (AvgIpc) is 3.60. The van der Waals surface area contributed by atoms with Gasteiger partial charge in [-0.05, 0) is 109 Å². The molecule has 0 bridgehead atoms. The van der Waals surface area contributed by atoms with E-state index in [9.17, 15) is 0 Å². The van der Waals surface area contributed by atoms with Gasteiger partial charge < -0.3 is 4.57 Å². The molecule has 0 aliphatic rings. The van der Waals surface area contributed by atoms with Crippen LogP contribution in [0.3, 0.4) is 0 Å². The minimum Gasteiger partial charge on any atom is -0.309 e. The third kappa shape index (κ3) is 6.02. The summed E-state index contributed by atoms with van der Waals surface area (Å²) in [7, 11) is 0. The van der Waals surface area contributed by atoms with Crippen molar-refractivity contribution < 1.29 is 0 Å². The van der Waals surface area contributed by atoms with Crippen LogP contribution in [-0.2, 0) is 0 Å². The van der Waals surface area contributed by atoms with E-state index in [1.807, 2.05) is 0 Å². The second kappa shape index (κ2) is 14.0. The number of hydrogen-bond acceptors (Lipinski definition) is 0. The zero-order chi connectivity index (χ0) is 36.6. The first-order chi connectivity index (χ1) is 27.3. The highest BCUT2D eigenvalue weighted by atomic mass is 15.0. The van der Waals surface area contributed by atoms with Crippen LogP contribution in [0.4, 0.5) is 0 Å². The Kier molecular flexibility index (Phi) is 8.24. The van der Waals surface area contributed by atoms with Crippen molar-refractivity contribution in [1.29, 1.82) is 0 Å². The first kappa shape index (κ1) is 32.4. The van der Waals surface area contributed by atoms with E-state index < -0.39 is 0 Å². The average molecular weight is 700 g/mol. The molecule has 1 aromatic heterocycles. The lowest BCUT2D eigenvalue weighted by Gasteiger charge is -2.15. The van der Waals surface area contributed by atoms with E-state index in [0.29, 0.717) is 0 Å². The molecule has 0 saturated carbocycles. The van der Waals surface area contributed by atoms with Gasteiger partial charge in [-0.2, -0.15) is 0 Å². The maximum absolute atomic E-state index is 2.46. The minimum absolute atomic E-state index is 1.13. The van der Waals surface area contributed by atoms with Gasteiger partial charge in [-0.1, -0.05) is 182 Å². The topological polar surface area (TPSA) is 4.93 Å². The normalized spacial score (nSPS) is 11.3. The second-order valence-electron chi connectivity index (χ2n) is 14.1. The van der Waals surface area contributed by atoms with Crippen molar-refractivity contribution in [3.8, 4) is 72.4 Å². The van der Waals surface area contributed by atoms with Gasteiger partial charge >= 0.3 is 0 Å². The van der Waals surface area contributed by atoms with Crippen LogP contribution < -0.4 is 0 Å². The predicted octanol–water partition coefficient (Wildman–Crippen LogP) is 14.8. The maximum atomic E-state index is 2.46. The van der Waals surface area contributed by atoms with Gasteiger partial charge in [0.25, 0.3) is 0 Å². The molecule has 0 aliphatic heterocycles. The summed E-state index contributed by atoms with van der Waals surface area (Å²) < 4.78 is 2.46. The molecule has 1 heterocycles. The molecule has 0 N–H and O–H groups in total. The molecule has 1 nitrogen and oxygen atoms in total. The second-order valence-corrected chi connectivity index (χ2v) is 14.1. The van der Waals surface area contributed by atoms with Crippen molar-refractivity contribution in [3.05, 3.63) is 224 Å². The fourth-order valence-electron chi connectivity index (χ4n) is 8.18. The number of hydrogen-bond donors (Lipinski definition) is 0. The monoisotopic (exact) mass is 699 g/mol. The van der Waals surface area contributed by atoms with Crippen LogP contribution in [0.2, 0.25) is 0 Å². The number of nitrogens with zero attached hydrogens (tertiary/aromatic N) is 1. The third-order valence-electron chi connectivity index (χ3n) is 10.8. The van der Waals surface area contributed by atoms with Gasteiger partial charge in [-0.3, -0.25) is 0 Å². The third-order valence-corrected chi connectivity index (χ3v) is 10.8. The maximum Gasteiger partial charge on any atom is 0.0541 e. The fraction of sp³-hybridized carbons (Fsp3) is 0. The van der Waals surface area contributed by atoms with Crippen molar-refractivity contribution in [2.45, 2.75) is 0 Å². The van der Waals surface area contributed by atoms with Gasteiger partial charge in [-0.25, -0.2) is 0 Å². The summed E-state index contributed by atoms with van der Waals surface area (Å²) in [6.45, 7) is 0. The molecule has 55 heavy (non-hydrogen) atoms. The van der Waals surface area contributed by atoms with Crippen molar-refractivity contribution in [2.24, 2.45) is 0 Å². The van der Waals surface area contributed by atoms with E-state index >= 15 is 0 Å². The number of fused-ring (bicyclic) bond motifs is 3. The van der Waals surface area contributed by atoms with Crippen LogP contribution in [0.1, 0.15) is 0 Å². The smallest absolute Gasteiger partial charge is 0.0541 e. The Morgan fingerprint density at radius 2 is 0.545 bits per heavy atom. The van der Waals surface area contributed by atoms with Gasteiger partial charge in [0.1, 0.15) is 0 Å². The lowest BCUT2D eigenvalue weighted by atomic mass is 9.92. The van der Waals surface area contributed by atoms with Crippen LogP contribution in [-0.4, -0.2) is 4.57 Å². The first-order valence-corrected chi connectivity index (χ1v) is 18.9. The molecule has 0 aliphatic carbocycles. The minimum atomic E-state index is 1.13. The standard InChI is InChI=1S/C54H37N/c1-5-17-38(18-6-1)44-33-45(39-19-7-2-8-20-39)35-46(34-44)55-53-31-29-42(49-27-15-13-25-47(49)40-21-9-3-10-22-40)36-51(53)52-37-43(30-32-54(52)55)50-28-16-14-26-48(50)41-23-11-4-12-24-41/h1-37H. The van der Waals surface area contributed by atoms with Gasteiger partial charge in [0.15, 0.2) is 0 Å². The van der Waals surface area contributed by atoms with Gasteiger partial charge in [-0.15, -0.1) is 0 Å². The summed E-state index contributed by atoms with van der Waals surface area (Å²) in [5, 5.41) is 2.45. The van der Waals surface area contributed by atoms with E-state index in [1.165, 1.54) is 88.6 Å². The van der Waals surface area contributed by atoms with Crippen LogP contribution in [0.25, 0.3) is 94.3 Å². The van der Waals surface area contributed by atoms with Crippen LogP contribution in [0, 0.1) is 0 Å². The molecule has 0 spiro atoms. The summed E-state index contributed by atoms with van der Waals surface area (Å²) in [6.07, 6.45) is 0. The fourth-order valence-corrected chi connectivity index (χ4v) is 8.18. The molecule has 10 aromatic rings. The molecule has 0 unspecified atom stereocenters. The van der Waals surface area contributed by atoms with Gasteiger partial charge in [0, 0.05) is 16.5 Å². The molecule has 0 fully saturated rings. The first-order valence-electron chi connectivity index (χ1n) is 18.9. The summed E-state index contributed by atoms with van der Waals surface area (Å²) in [6, 6.07) is 81.4. The lowest BCUT2D eigenvalue weighted by Crippen LogP contribution is -1.96. The van der Waals surface area contributed by atoms with E-state index in [1.54, 1.807) is 0 Å². The summed E-state index contributed by atoms with van der Waals surface area (Å²) in [4.78, 5) is 0. The summed E-state index contributed by atoms with van der Waals surface area (Å²) in [5.74, 6) is 0. The Labute approximate surface area is 322 Å². The molecule has 258 valence electrons. The van der Waals surface area contributed by atoms with Crippen LogP contribution in [0.15, 0.2) is 224 Å². The van der Waals surface area contributed by atoms with Crippen molar-refractivity contribution in [1.82, 2.24) is 4.57 Å². The Bertz CT molecular complexity index is 2740. The van der Waals surface area contributed by atoms with Crippen molar-refractivity contribution >= 4 is 21.8 Å². The molecule has 0 saturated heterocycles. The SMILES string of the molecule is c1ccc(-c2cc(-c3ccccc3)cc(-n3c4ccc(-c5ccccc5-c5ccccc5)cc4c4cc(-c5ccccc5-c5ccccc5)ccc43)c2)cc1. The Balaban J connectivity index is 1.24. The largest absolute Gasteiger partial charge is 0.309 e. The van der Waals surface area contributed by atoms with Gasteiger partial charge in [0.05, 0.1) is 11.0 Å². The van der Waals surface area contributed by atoms with Crippen LogP contribution in [0.5, 0.6) is 0 Å². The molecule has 0 amide bonds. The molecule has 0 atom stereocenters. The van der Waals surface area contributed by atoms with E-state index in [4.69, 9.17) is 0 Å². The molecule has 10 rings (SSSR count). The number of rotatable bonds is 7. The van der Waals surface area contributed by atoms with Crippen molar-refractivity contribution in [2.75, 3.05) is 0 Å². The molecule has 1 heteroatoms. The Morgan fingerprint density at radius 3 is 0.927 bits per heavy atom. The Morgan fingerprint density at radius 1 is 0.218 bits per heavy atom. The molecule has 0 radical (unpaired) electrons. The summed E-state index contributed by atoms with van der Waals surface area (Å²) in [5.41, 5.74) is 18.0. The van der Waals surface area contributed by atoms with E-state index in [2.05, 4.69) is 229 Å². The van der Waals surface area contributed by atoms with E-state index in [0.717, 1.165) is 5.69 Å². The molecular weight excluding hydrogens is 663 g/mol. The van der Waals surface area contributed by atoms with Crippen molar-refractivity contribution in [3.63, 3.8) is 0 Å². The number of aromatic nitrogens is 1. The zero-order valence-corrected chi connectivity index (χ0v) is 30.3. The quantitative estimate of drug-likeness (QED) is 0.156.